The van der Waals surface area contributed by atoms with Gasteiger partial charge in [0.15, 0.2) is 0 Å². The predicted octanol–water partition coefficient (Wildman–Crippen LogP) is 3.06. The third-order valence-corrected chi connectivity index (χ3v) is 3.77. The van der Waals surface area contributed by atoms with Crippen molar-refractivity contribution in [2.75, 3.05) is 14.1 Å². The minimum absolute atomic E-state index is 0.0468. The Morgan fingerprint density at radius 1 is 0.923 bits per heavy atom. The van der Waals surface area contributed by atoms with Gasteiger partial charge in [-0.2, -0.15) is 0 Å². The number of allylic oxidation sites excluding steroid dienone is 1. The van der Waals surface area contributed by atoms with Gasteiger partial charge in [0, 0.05) is 37.9 Å². The first-order chi connectivity index (χ1) is 12.4. The third kappa shape index (κ3) is 5.14. The number of Topliss-reactive ketones (excluding diaryl/α,β-unsaturated/α-hetero) is 2. The molecular formula is C21H21NO4. The Balaban J connectivity index is 2.29. The number of carboxylic acid groups (broad SMARTS) is 1. The minimum atomic E-state index is -0.856. The van der Waals surface area contributed by atoms with Gasteiger partial charge in [-0.1, -0.05) is 54.6 Å². The zero-order chi connectivity index (χ0) is 19.1. The fourth-order valence-corrected chi connectivity index (χ4v) is 2.47. The molecule has 0 aliphatic rings. The Labute approximate surface area is 152 Å². The van der Waals surface area contributed by atoms with Gasteiger partial charge in [-0.05, 0) is 17.5 Å². The van der Waals surface area contributed by atoms with Crippen LogP contribution in [0.25, 0.3) is 5.57 Å². The number of carboxylic acids is 1. The maximum atomic E-state index is 12.8. The van der Waals surface area contributed by atoms with Crippen molar-refractivity contribution in [1.29, 1.82) is 0 Å². The molecule has 2 aromatic carbocycles. The van der Waals surface area contributed by atoms with Gasteiger partial charge in [0.2, 0.25) is 11.6 Å². The Bertz CT molecular complexity index is 821. The quantitative estimate of drug-likeness (QED) is 0.449. The number of aliphatic carboxylic acids is 1. The van der Waals surface area contributed by atoms with Crippen LogP contribution in [0.1, 0.15) is 27.9 Å². The summed E-state index contributed by atoms with van der Waals surface area (Å²) in [4.78, 5) is 37.7. The summed E-state index contributed by atoms with van der Waals surface area (Å²) in [6, 6.07) is 15.5. The highest BCUT2D eigenvalue weighted by Crippen LogP contribution is 2.20. The molecule has 134 valence electrons. The molecule has 5 nitrogen and oxygen atoms in total. The van der Waals surface area contributed by atoms with Crippen molar-refractivity contribution in [1.82, 2.24) is 4.90 Å². The molecule has 0 fully saturated rings. The summed E-state index contributed by atoms with van der Waals surface area (Å²) in [5.74, 6) is -2.00. The van der Waals surface area contributed by atoms with E-state index in [2.05, 4.69) is 0 Å². The van der Waals surface area contributed by atoms with Gasteiger partial charge >= 0.3 is 5.97 Å². The van der Waals surface area contributed by atoms with Gasteiger partial charge < -0.3 is 10.0 Å². The topological polar surface area (TPSA) is 74.7 Å². The van der Waals surface area contributed by atoms with Crippen LogP contribution in [0.15, 0.2) is 60.8 Å². The van der Waals surface area contributed by atoms with Crippen LogP contribution in [0.4, 0.5) is 0 Å². The molecule has 26 heavy (non-hydrogen) atoms. The summed E-state index contributed by atoms with van der Waals surface area (Å²) in [6.07, 6.45) is 2.08. The molecule has 0 aromatic heterocycles. The predicted molar refractivity (Wildman–Crippen MR) is 99.8 cm³/mol. The van der Waals surface area contributed by atoms with Crippen molar-refractivity contribution in [3.8, 4) is 0 Å². The lowest BCUT2D eigenvalue weighted by atomic mass is 9.95. The number of benzene rings is 2. The van der Waals surface area contributed by atoms with Crippen LogP contribution in [0.5, 0.6) is 0 Å². The Kier molecular flexibility index (Phi) is 6.44. The maximum absolute atomic E-state index is 12.8. The molecule has 2 rings (SSSR count). The van der Waals surface area contributed by atoms with Crippen molar-refractivity contribution in [3.63, 3.8) is 0 Å². The van der Waals surface area contributed by atoms with Gasteiger partial charge in [-0.3, -0.25) is 14.4 Å². The number of hydrogen-bond acceptors (Lipinski definition) is 4. The largest absolute Gasteiger partial charge is 0.481 e. The number of rotatable bonds is 8. The molecule has 0 radical (unpaired) electrons. The fourth-order valence-electron chi connectivity index (χ4n) is 2.47. The maximum Gasteiger partial charge on any atom is 0.303 e. The lowest BCUT2D eigenvalue weighted by molar-refractivity contribution is -0.136. The van der Waals surface area contributed by atoms with Gasteiger partial charge in [0.25, 0.3) is 0 Å². The van der Waals surface area contributed by atoms with E-state index in [1.54, 1.807) is 79.8 Å². The summed E-state index contributed by atoms with van der Waals surface area (Å²) < 4.78 is 0. The first-order valence-corrected chi connectivity index (χ1v) is 8.22. The summed E-state index contributed by atoms with van der Waals surface area (Å²) in [5.41, 5.74) is 2.13. The van der Waals surface area contributed by atoms with Crippen molar-refractivity contribution in [3.05, 3.63) is 77.5 Å². The molecule has 0 saturated heterocycles. The van der Waals surface area contributed by atoms with Crippen molar-refractivity contribution in [2.45, 2.75) is 12.8 Å². The number of ketones is 2. The van der Waals surface area contributed by atoms with Crippen LogP contribution in [-0.2, 0) is 16.0 Å². The van der Waals surface area contributed by atoms with Crippen LogP contribution in [0.3, 0.4) is 0 Å². The normalized spacial score (nSPS) is 11.1. The molecule has 0 unspecified atom stereocenters. The molecule has 2 aromatic rings. The highest BCUT2D eigenvalue weighted by atomic mass is 16.4. The third-order valence-electron chi connectivity index (χ3n) is 3.77. The lowest BCUT2D eigenvalue weighted by Crippen LogP contribution is -2.18. The van der Waals surface area contributed by atoms with Crippen molar-refractivity contribution in [2.24, 2.45) is 0 Å². The monoisotopic (exact) mass is 351 g/mol. The van der Waals surface area contributed by atoms with Gasteiger partial charge in [-0.25, -0.2) is 0 Å². The molecular weight excluding hydrogens is 330 g/mol. The molecule has 0 aliphatic carbocycles. The highest BCUT2D eigenvalue weighted by molar-refractivity contribution is 6.58. The second kappa shape index (κ2) is 8.76. The molecule has 0 atom stereocenters. The smallest absolute Gasteiger partial charge is 0.303 e. The summed E-state index contributed by atoms with van der Waals surface area (Å²) in [6.45, 7) is 0. The van der Waals surface area contributed by atoms with Gasteiger partial charge in [0.05, 0.1) is 0 Å². The van der Waals surface area contributed by atoms with Crippen LogP contribution < -0.4 is 0 Å². The summed E-state index contributed by atoms with van der Waals surface area (Å²) in [5, 5.41) is 8.76. The first kappa shape index (κ1) is 19.1. The van der Waals surface area contributed by atoms with Crippen LogP contribution in [0, 0.1) is 0 Å². The molecule has 0 bridgehead atoms. The average Bonchev–Trinajstić information content (AvgIpc) is 2.64. The second-order valence-electron chi connectivity index (χ2n) is 6.12. The van der Waals surface area contributed by atoms with Crippen molar-refractivity contribution < 1.29 is 19.5 Å². The standard InChI is InChI=1S/C21H21NO4/c1-22(2)14-18(21(26)20(25)17-6-4-3-5-7-17)16-11-8-15(9-12-16)10-13-19(23)24/h3-9,11-12,14H,10,13H2,1-2H3,(H,23,24)/b18-14+. The second-order valence-corrected chi connectivity index (χ2v) is 6.12. The summed E-state index contributed by atoms with van der Waals surface area (Å²) >= 11 is 0. The molecule has 1 N–H and O–H groups in total. The molecule has 0 spiro atoms. The van der Waals surface area contributed by atoms with E-state index in [-0.39, 0.29) is 6.42 Å². The first-order valence-electron chi connectivity index (χ1n) is 8.22. The van der Waals surface area contributed by atoms with Crippen molar-refractivity contribution >= 4 is 23.1 Å². The number of carbonyl (C=O) groups excluding carboxylic acids is 2. The SMILES string of the molecule is CN(C)/C=C(/C(=O)C(=O)c1ccccc1)c1ccc(CCC(=O)O)cc1. The van der Waals surface area contributed by atoms with E-state index in [9.17, 15) is 14.4 Å². The Hall–Kier alpha value is -3.21. The fraction of sp³-hybridized carbons (Fsp3) is 0.190. The Morgan fingerprint density at radius 3 is 2.08 bits per heavy atom. The highest BCUT2D eigenvalue weighted by Gasteiger charge is 2.22. The minimum Gasteiger partial charge on any atom is -0.481 e. The average molecular weight is 351 g/mol. The number of carbonyl (C=O) groups is 3. The van der Waals surface area contributed by atoms with Gasteiger partial charge in [0.1, 0.15) is 0 Å². The van der Waals surface area contributed by atoms with E-state index < -0.39 is 17.5 Å². The zero-order valence-electron chi connectivity index (χ0n) is 14.8. The lowest BCUT2D eigenvalue weighted by Gasteiger charge is -2.12. The zero-order valence-corrected chi connectivity index (χ0v) is 14.8. The number of hydrogen-bond donors (Lipinski definition) is 1. The molecule has 0 amide bonds. The van der Waals surface area contributed by atoms with Crippen LogP contribution in [-0.4, -0.2) is 41.6 Å². The molecule has 0 heterocycles. The van der Waals surface area contributed by atoms with Crippen LogP contribution in [0.2, 0.25) is 0 Å². The van der Waals surface area contributed by atoms with E-state index >= 15 is 0 Å². The number of aryl methyl sites for hydroxylation is 1. The van der Waals surface area contributed by atoms with Crippen LogP contribution >= 0.6 is 0 Å². The molecule has 0 aliphatic heterocycles. The van der Waals surface area contributed by atoms with Gasteiger partial charge in [-0.15, -0.1) is 0 Å². The van der Waals surface area contributed by atoms with E-state index in [1.807, 2.05) is 0 Å². The summed E-state index contributed by atoms with van der Waals surface area (Å²) in [7, 11) is 3.56. The van der Waals surface area contributed by atoms with E-state index in [0.717, 1.165) is 5.56 Å². The molecule has 5 heteroatoms. The number of nitrogens with zero attached hydrogens (tertiary/aromatic N) is 1. The van der Waals surface area contributed by atoms with E-state index in [0.29, 0.717) is 23.1 Å². The van der Waals surface area contributed by atoms with E-state index in [4.69, 9.17) is 5.11 Å². The molecule has 0 saturated carbocycles. The van der Waals surface area contributed by atoms with E-state index in [1.165, 1.54) is 0 Å². The Morgan fingerprint density at radius 2 is 1.54 bits per heavy atom.